The van der Waals surface area contributed by atoms with E-state index in [1.165, 1.54) is 25.0 Å². The first kappa shape index (κ1) is 17.7. The molecule has 128 valence electrons. The summed E-state index contributed by atoms with van der Waals surface area (Å²) in [5.41, 5.74) is 0.990. The first-order valence-electron chi connectivity index (χ1n) is 7.93. The van der Waals surface area contributed by atoms with Gasteiger partial charge in [-0.15, -0.1) is 0 Å². The van der Waals surface area contributed by atoms with Gasteiger partial charge in [0.15, 0.2) is 0 Å². The summed E-state index contributed by atoms with van der Waals surface area (Å²) >= 11 is 0. The van der Waals surface area contributed by atoms with E-state index in [0.29, 0.717) is 17.5 Å². The van der Waals surface area contributed by atoms with Gasteiger partial charge < -0.3 is 10.6 Å². The van der Waals surface area contributed by atoms with E-state index in [2.05, 4.69) is 17.6 Å². The predicted molar refractivity (Wildman–Crippen MR) is 89.3 cm³/mol. The van der Waals surface area contributed by atoms with Crippen molar-refractivity contribution in [3.8, 4) is 0 Å². The lowest BCUT2D eigenvalue weighted by molar-refractivity contribution is 0.234. The summed E-state index contributed by atoms with van der Waals surface area (Å²) in [4.78, 5) is 12.1. The Labute approximate surface area is 137 Å². The van der Waals surface area contributed by atoms with Crippen molar-refractivity contribution in [2.45, 2.75) is 50.5 Å². The second-order valence-electron chi connectivity index (χ2n) is 6.42. The van der Waals surface area contributed by atoms with Gasteiger partial charge in [-0.25, -0.2) is 18.4 Å². The van der Waals surface area contributed by atoms with E-state index in [4.69, 9.17) is 5.14 Å². The Morgan fingerprint density at radius 2 is 2.09 bits per heavy atom. The molecular formula is C16H25N3O3S. The third kappa shape index (κ3) is 4.94. The summed E-state index contributed by atoms with van der Waals surface area (Å²) in [7, 11) is -3.74. The van der Waals surface area contributed by atoms with Crippen molar-refractivity contribution >= 4 is 16.1 Å². The number of nitrogens with two attached hydrogens (primary N) is 1. The maximum Gasteiger partial charge on any atom is 0.315 e. The largest absolute Gasteiger partial charge is 0.338 e. The number of amides is 2. The van der Waals surface area contributed by atoms with Crippen LogP contribution in [-0.4, -0.2) is 21.0 Å². The van der Waals surface area contributed by atoms with Crippen LogP contribution in [0.1, 0.15) is 51.1 Å². The quantitative estimate of drug-likeness (QED) is 0.710. The number of benzene rings is 1. The molecule has 1 atom stereocenters. The first-order valence-corrected chi connectivity index (χ1v) is 9.47. The Morgan fingerprint density at radius 1 is 1.39 bits per heavy atom. The van der Waals surface area contributed by atoms with Crippen LogP contribution in [-0.2, 0) is 10.0 Å². The van der Waals surface area contributed by atoms with E-state index >= 15 is 0 Å². The molecule has 0 unspecified atom stereocenters. The standard InChI is InChI=1S/C16H25N3O3S/c1-3-7-16(8-9-16)11-18-15(20)19-12(2)13-5-4-6-14(10-13)23(17,21)22/h4-6,10,12H,3,7-9,11H2,1-2H3,(H2,17,21,22)(H2,18,19,20)/t12-/m0/s1. The van der Waals surface area contributed by atoms with Gasteiger partial charge in [-0.1, -0.05) is 25.5 Å². The molecule has 6 nitrogen and oxygen atoms in total. The number of nitrogens with one attached hydrogen (secondary N) is 2. The highest BCUT2D eigenvalue weighted by atomic mass is 32.2. The van der Waals surface area contributed by atoms with E-state index in [1.54, 1.807) is 19.1 Å². The molecule has 0 aromatic heterocycles. The molecule has 4 N–H and O–H groups in total. The summed E-state index contributed by atoms with van der Waals surface area (Å²) in [6.07, 6.45) is 4.61. The smallest absolute Gasteiger partial charge is 0.315 e. The molecular weight excluding hydrogens is 314 g/mol. The molecule has 1 saturated carbocycles. The first-order chi connectivity index (χ1) is 10.8. The number of carbonyl (C=O) groups excluding carboxylic acids is 1. The van der Waals surface area contributed by atoms with Crippen LogP contribution in [0, 0.1) is 5.41 Å². The molecule has 1 aliphatic carbocycles. The van der Waals surface area contributed by atoms with Crippen molar-refractivity contribution < 1.29 is 13.2 Å². The average molecular weight is 339 g/mol. The molecule has 2 amide bonds. The zero-order chi connectivity index (χ0) is 17.1. The fourth-order valence-electron chi connectivity index (χ4n) is 2.78. The molecule has 0 spiro atoms. The average Bonchev–Trinajstić information content (AvgIpc) is 3.25. The number of carbonyl (C=O) groups is 1. The van der Waals surface area contributed by atoms with Crippen molar-refractivity contribution in [2.75, 3.05) is 6.54 Å². The summed E-state index contributed by atoms with van der Waals surface area (Å²) in [5, 5.41) is 10.9. The molecule has 1 aromatic rings. The molecule has 23 heavy (non-hydrogen) atoms. The van der Waals surface area contributed by atoms with E-state index in [0.717, 1.165) is 12.8 Å². The van der Waals surface area contributed by atoms with Crippen molar-refractivity contribution in [3.05, 3.63) is 29.8 Å². The summed E-state index contributed by atoms with van der Waals surface area (Å²) in [5.74, 6) is 0. The summed E-state index contributed by atoms with van der Waals surface area (Å²) < 4.78 is 22.8. The number of primary sulfonamides is 1. The Morgan fingerprint density at radius 3 is 2.65 bits per heavy atom. The molecule has 1 aromatic carbocycles. The van der Waals surface area contributed by atoms with Gasteiger partial charge in [-0.3, -0.25) is 0 Å². The number of urea groups is 1. The second kappa shape index (κ2) is 6.88. The van der Waals surface area contributed by atoms with Gasteiger partial charge in [0, 0.05) is 6.54 Å². The fraction of sp³-hybridized carbons (Fsp3) is 0.562. The molecule has 0 radical (unpaired) electrons. The molecule has 0 bridgehead atoms. The van der Waals surface area contributed by atoms with E-state index in [1.807, 2.05) is 0 Å². The lowest BCUT2D eigenvalue weighted by Crippen LogP contribution is -2.40. The molecule has 2 rings (SSSR count). The summed E-state index contributed by atoms with van der Waals surface area (Å²) in [6, 6.07) is 5.76. The maximum atomic E-state index is 12.0. The number of sulfonamides is 1. The van der Waals surface area contributed by atoms with Crippen molar-refractivity contribution in [3.63, 3.8) is 0 Å². The molecule has 1 fully saturated rings. The Kier molecular flexibility index (Phi) is 5.31. The van der Waals surface area contributed by atoms with Gasteiger partial charge in [0.05, 0.1) is 10.9 Å². The van der Waals surface area contributed by atoms with Crippen LogP contribution in [0.25, 0.3) is 0 Å². The second-order valence-corrected chi connectivity index (χ2v) is 7.98. The minimum Gasteiger partial charge on any atom is -0.338 e. The van der Waals surface area contributed by atoms with Crippen LogP contribution in [0.2, 0.25) is 0 Å². The van der Waals surface area contributed by atoms with Crippen LogP contribution in [0.15, 0.2) is 29.2 Å². The highest BCUT2D eigenvalue weighted by molar-refractivity contribution is 7.89. The Hall–Kier alpha value is -1.60. The highest BCUT2D eigenvalue weighted by Crippen LogP contribution is 2.48. The zero-order valence-corrected chi connectivity index (χ0v) is 14.4. The van der Waals surface area contributed by atoms with Crippen molar-refractivity contribution in [1.29, 1.82) is 0 Å². The van der Waals surface area contributed by atoms with Crippen LogP contribution >= 0.6 is 0 Å². The Bertz CT molecular complexity index is 669. The third-order valence-corrected chi connectivity index (χ3v) is 5.31. The topological polar surface area (TPSA) is 101 Å². The van der Waals surface area contributed by atoms with Crippen molar-refractivity contribution in [1.82, 2.24) is 10.6 Å². The van der Waals surface area contributed by atoms with Gasteiger partial charge in [-0.05, 0) is 49.3 Å². The normalized spacial score (nSPS) is 17.3. The van der Waals surface area contributed by atoms with E-state index < -0.39 is 10.0 Å². The van der Waals surface area contributed by atoms with Gasteiger partial charge in [0.2, 0.25) is 10.0 Å². The number of hydrogen-bond donors (Lipinski definition) is 3. The van der Waals surface area contributed by atoms with Gasteiger partial charge >= 0.3 is 6.03 Å². The lowest BCUT2D eigenvalue weighted by Gasteiger charge is -2.18. The molecule has 0 saturated heterocycles. The monoisotopic (exact) mass is 339 g/mol. The minimum atomic E-state index is -3.74. The maximum absolute atomic E-state index is 12.0. The van der Waals surface area contributed by atoms with Crippen molar-refractivity contribution in [2.24, 2.45) is 10.6 Å². The van der Waals surface area contributed by atoms with Gasteiger partial charge in [-0.2, -0.15) is 0 Å². The number of hydrogen-bond acceptors (Lipinski definition) is 3. The van der Waals surface area contributed by atoms with Crippen LogP contribution < -0.4 is 15.8 Å². The van der Waals surface area contributed by atoms with Crippen LogP contribution in [0.3, 0.4) is 0 Å². The molecule has 0 heterocycles. The molecule has 1 aliphatic rings. The van der Waals surface area contributed by atoms with Crippen LogP contribution in [0.4, 0.5) is 4.79 Å². The third-order valence-electron chi connectivity index (χ3n) is 4.40. The highest BCUT2D eigenvalue weighted by Gasteiger charge is 2.41. The number of rotatable bonds is 7. The fourth-order valence-corrected chi connectivity index (χ4v) is 3.35. The molecule has 7 heteroatoms. The van der Waals surface area contributed by atoms with E-state index in [9.17, 15) is 13.2 Å². The van der Waals surface area contributed by atoms with Crippen LogP contribution in [0.5, 0.6) is 0 Å². The zero-order valence-electron chi connectivity index (χ0n) is 13.6. The van der Waals surface area contributed by atoms with E-state index in [-0.39, 0.29) is 17.0 Å². The van der Waals surface area contributed by atoms with Gasteiger partial charge in [0.1, 0.15) is 0 Å². The molecule has 0 aliphatic heterocycles. The minimum absolute atomic E-state index is 0.0453. The SMILES string of the molecule is CCCC1(CNC(=O)N[C@@H](C)c2cccc(S(N)(=O)=O)c2)CC1. The summed E-state index contributed by atoms with van der Waals surface area (Å²) in [6.45, 7) is 4.65. The predicted octanol–water partition coefficient (Wildman–Crippen LogP) is 2.27. The Balaban J connectivity index is 1.91. The van der Waals surface area contributed by atoms with Gasteiger partial charge in [0.25, 0.3) is 0 Å². The lowest BCUT2D eigenvalue weighted by atomic mass is 10.0.